The van der Waals surface area contributed by atoms with E-state index in [9.17, 15) is 4.79 Å². The minimum atomic E-state index is -0.0930. The zero-order valence-corrected chi connectivity index (χ0v) is 18.1. The lowest BCUT2D eigenvalue weighted by atomic mass is 10.1. The van der Waals surface area contributed by atoms with Crippen molar-refractivity contribution in [1.29, 1.82) is 0 Å². The van der Waals surface area contributed by atoms with E-state index in [1.54, 1.807) is 39.5 Å². The molecule has 0 aliphatic rings. The minimum absolute atomic E-state index is 0.0930. The van der Waals surface area contributed by atoms with Gasteiger partial charge in [-0.1, -0.05) is 60.7 Å². The number of hydrogen-bond donors (Lipinski definition) is 0. The van der Waals surface area contributed by atoms with Crippen molar-refractivity contribution < 1.29 is 19.0 Å². The monoisotopic (exact) mass is 417 g/mol. The second kappa shape index (κ2) is 10.9. The molecular formula is C26H27NO4. The minimum Gasteiger partial charge on any atom is -0.493 e. The summed E-state index contributed by atoms with van der Waals surface area (Å²) >= 11 is 0. The fourth-order valence-corrected chi connectivity index (χ4v) is 3.34. The molecule has 31 heavy (non-hydrogen) atoms. The molecule has 0 unspecified atom stereocenters. The molecule has 0 aromatic heterocycles. The quantitative estimate of drug-likeness (QED) is 0.462. The summed E-state index contributed by atoms with van der Waals surface area (Å²) in [5.74, 6) is 1.48. The number of amides is 1. The molecule has 3 aromatic carbocycles. The molecule has 0 radical (unpaired) electrons. The van der Waals surface area contributed by atoms with E-state index >= 15 is 0 Å². The predicted octanol–water partition coefficient (Wildman–Crippen LogP) is 4.95. The van der Waals surface area contributed by atoms with Gasteiger partial charge in [-0.3, -0.25) is 4.79 Å². The number of benzene rings is 3. The van der Waals surface area contributed by atoms with Gasteiger partial charge >= 0.3 is 0 Å². The van der Waals surface area contributed by atoms with E-state index < -0.39 is 0 Å². The molecule has 3 rings (SSSR count). The largest absolute Gasteiger partial charge is 0.493 e. The Morgan fingerprint density at radius 1 is 0.742 bits per heavy atom. The Kier molecular flexibility index (Phi) is 7.71. The predicted molar refractivity (Wildman–Crippen MR) is 122 cm³/mol. The Morgan fingerprint density at radius 2 is 1.29 bits per heavy atom. The first-order valence-electron chi connectivity index (χ1n) is 10.00. The fraction of sp³-hybridized carbons (Fsp3) is 0.192. The Hall–Kier alpha value is -3.73. The van der Waals surface area contributed by atoms with Crippen LogP contribution in [0.4, 0.5) is 0 Å². The third-order valence-corrected chi connectivity index (χ3v) is 4.88. The van der Waals surface area contributed by atoms with E-state index in [4.69, 9.17) is 14.2 Å². The van der Waals surface area contributed by atoms with Crippen LogP contribution >= 0.6 is 0 Å². The summed E-state index contributed by atoms with van der Waals surface area (Å²) in [6.07, 6.45) is 3.31. The lowest BCUT2D eigenvalue weighted by Crippen LogP contribution is -2.28. The van der Waals surface area contributed by atoms with E-state index in [1.807, 2.05) is 71.6 Å². The maximum atomic E-state index is 13.1. The van der Waals surface area contributed by atoms with Crippen molar-refractivity contribution in [1.82, 2.24) is 4.90 Å². The maximum absolute atomic E-state index is 13.1. The van der Waals surface area contributed by atoms with Gasteiger partial charge in [-0.05, 0) is 29.3 Å². The van der Waals surface area contributed by atoms with Crippen molar-refractivity contribution in [3.05, 3.63) is 95.6 Å². The second-order valence-corrected chi connectivity index (χ2v) is 6.92. The number of hydrogen-bond acceptors (Lipinski definition) is 4. The highest BCUT2D eigenvalue weighted by atomic mass is 16.5. The highest BCUT2D eigenvalue weighted by Crippen LogP contribution is 2.40. The van der Waals surface area contributed by atoms with Gasteiger partial charge in [0.25, 0.3) is 0 Å². The molecule has 0 N–H and O–H groups in total. The number of methoxy groups -OCH3 is 3. The summed E-state index contributed by atoms with van der Waals surface area (Å²) in [6.45, 7) is 1.03. The smallest absolute Gasteiger partial charge is 0.247 e. The molecule has 5 heteroatoms. The molecule has 0 saturated carbocycles. The van der Waals surface area contributed by atoms with Crippen molar-refractivity contribution in [3.63, 3.8) is 0 Å². The van der Waals surface area contributed by atoms with E-state index in [-0.39, 0.29) is 5.91 Å². The van der Waals surface area contributed by atoms with Crippen LogP contribution in [-0.4, -0.2) is 32.1 Å². The number of carbonyl (C=O) groups is 1. The standard InChI is InChI=1S/C26H27NO4/c1-29-23-16-14-22(25(30-2)26(23)31-3)15-17-24(28)27(18-20-10-6-4-7-11-20)19-21-12-8-5-9-13-21/h4-17H,18-19H2,1-3H3. The van der Waals surface area contributed by atoms with Crippen LogP contribution in [0.25, 0.3) is 6.08 Å². The Bertz CT molecular complexity index is 975. The Labute approximate surface area is 183 Å². The first-order valence-corrected chi connectivity index (χ1v) is 10.00. The molecule has 3 aromatic rings. The molecule has 0 bridgehead atoms. The van der Waals surface area contributed by atoms with Gasteiger partial charge in [0, 0.05) is 24.7 Å². The van der Waals surface area contributed by atoms with E-state index in [2.05, 4.69) is 0 Å². The van der Waals surface area contributed by atoms with Gasteiger partial charge in [0.15, 0.2) is 11.5 Å². The highest BCUT2D eigenvalue weighted by molar-refractivity contribution is 5.92. The SMILES string of the molecule is COc1ccc(C=CC(=O)N(Cc2ccccc2)Cc2ccccc2)c(OC)c1OC. The molecule has 0 atom stereocenters. The van der Waals surface area contributed by atoms with Crippen LogP contribution in [0.15, 0.2) is 78.9 Å². The van der Waals surface area contributed by atoms with Gasteiger partial charge in [0.2, 0.25) is 11.7 Å². The van der Waals surface area contributed by atoms with E-state index in [0.29, 0.717) is 30.3 Å². The van der Waals surface area contributed by atoms with Crippen molar-refractivity contribution >= 4 is 12.0 Å². The molecule has 160 valence electrons. The van der Waals surface area contributed by atoms with Crippen LogP contribution in [0.2, 0.25) is 0 Å². The number of ether oxygens (including phenoxy) is 3. The summed E-state index contributed by atoms with van der Waals surface area (Å²) < 4.78 is 16.3. The summed E-state index contributed by atoms with van der Waals surface area (Å²) in [6, 6.07) is 23.6. The number of carbonyl (C=O) groups excluding carboxylic acids is 1. The molecule has 0 aliphatic carbocycles. The lowest BCUT2D eigenvalue weighted by Gasteiger charge is -2.22. The van der Waals surface area contributed by atoms with E-state index in [0.717, 1.165) is 16.7 Å². The maximum Gasteiger partial charge on any atom is 0.247 e. The lowest BCUT2D eigenvalue weighted by molar-refractivity contribution is -0.127. The Morgan fingerprint density at radius 3 is 1.77 bits per heavy atom. The zero-order valence-electron chi connectivity index (χ0n) is 18.1. The summed E-state index contributed by atoms with van der Waals surface area (Å²) in [5, 5.41) is 0. The van der Waals surface area contributed by atoms with Crippen LogP contribution in [0, 0.1) is 0 Å². The van der Waals surface area contributed by atoms with Crippen LogP contribution in [0.3, 0.4) is 0 Å². The molecule has 0 spiro atoms. The third kappa shape index (κ3) is 5.66. The van der Waals surface area contributed by atoms with Crippen molar-refractivity contribution in [3.8, 4) is 17.2 Å². The van der Waals surface area contributed by atoms with Crippen LogP contribution in [0.5, 0.6) is 17.2 Å². The first-order chi connectivity index (χ1) is 15.2. The molecule has 5 nitrogen and oxygen atoms in total. The average Bonchev–Trinajstić information content (AvgIpc) is 2.82. The van der Waals surface area contributed by atoms with Crippen molar-refractivity contribution in [2.24, 2.45) is 0 Å². The normalized spacial score (nSPS) is 10.7. The van der Waals surface area contributed by atoms with E-state index in [1.165, 1.54) is 0 Å². The van der Waals surface area contributed by atoms with Gasteiger partial charge in [-0.2, -0.15) is 0 Å². The Balaban J connectivity index is 1.86. The first kappa shape index (κ1) is 22.0. The topological polar surface area (TPSA) is 48.0 Å². The molecule has 1 amide bonds. The zero-order chi connectivity index (χ0) is 22.1. The van der Waals surface area contributed by atoms with Crippen LogP contribution < -0.4 is 14.2 Å². The molecular weight excluding hydrogens is 390 g/mol. The summed E-state index contributed by atoms with van der Waals surface area (Å²) in [7, 11) is 4.69. The van der Waals surface area contributed by atoms with Crippen LogP contribution in [0.1, 0.15) is 16.7 Å². The summed E-state index contributed by atoms with van der Waals surface area (Å²) in [5.41, 5.74) is 2.88. The summed E-state index contributed by atoms with van der Waals surface area (Å²) in [4.78, 5) is 15.0. The van der Waals surface area contributed by atoms with Crippen molar-refractivity contribution in [2.45, 2.75) is 13.1 Å². The third-order valence-electron chi connectivity index (χ3n) is 4.88. The highest BCUT2D eigenvalue weighted by Gasteiger charge is 2.16. The van der Waals surface area contributed by atoms with Gasteiger partial charge in [-0.25, -0.2) is 0 Å². The fourth-order valence-electron chi connectivity index (χ4n) is 3.34. The van der Waals surface area contributed by atoms with Crippen molar-refractivity contribution in [2.75, 3.05) is 21.3 Å². The van der Waals surface area contributed by atoms with Gasteiger partial charge in [-0.15, -0.1) is 0 Å². The molecule has 0 fully saturated rings. The van der Waals surface area contributed by atoms with Gasteiger partial charge in [0.05, 0.1) is 21.3 Å². The molecule has 0 aliphatic heterocycles. The van der Waals surface area contributed by atoms with Crippen LogP contribution in [-0.2, 0) is 17.9 Å². The molecule has 0 heterocycles. The van der Waals surface area contributed by atoms with Gasteiger partial charge in [0.1, 0.15) is 0 Å². The number of nitrogens with zero attached hydrogens (tertiary/aromatic N) is 1. The van der Waals surface area contributed by atoms with Gasteiger partial charge < -0.3 is 19.1 Å². The number of rotatable bonds is 9. The molecule has 0 saturated heterocycles. The second-order valence-electron chi connectivity index (χ2n) is 6.92. The average molecular weight is 418 g/mol.